The second-order valence-corrected chi connectivity index (χ2v) is 10.7. The van der Waals surface area contributed by atoms with Crippen LogP contribution in [0.1, 0.15) is 75.1 Å². The van der Waals surface area contributed by atoms with Crippen LogP contribution in [0.3, 0.4) is 0 Å². The Morgan fingerprint density at radius 2 is 1.75 bits per heavy atom. The molecule has 10 heteroatoms. The van der Waals surface area contributed by atoms with Gasteiger partial charge in [-0.2, -0.15) is 5.26 Å². The number of methoxy groups -OCH3 is 1. The zero-order valence-electron chi connectivity index (χ0n) is 27.1. The highest BCUT2D eigenvalue weighted by Crippen LogP contribution is 2.20. The molecule has 0 fully saturated rings. The number of aryl methyl sites for hydroxylation is 1. The van der Waals surface area contributed by atoms with Crippen LogP contribution < -0.4 is 21.1 Å². The zero-order valence-corrected chi connectivity index (χ0v) is 27.1. The second kappa shape index (κ2) is 23.0. The minimum atomic E-state index is -0.619. The van der Waals surface area contributed by atoms with Crippen LogP contribution in [0.4, 0.5) is 0 Å². The lowest BCUT2D eigenvalue weighted by molar-refractivity contribution is -0.130. The molecule has 0 aromatic heterocycles. The molecule has 0 aliphatic carbocycles. The minimum Gasteiger partial charge on any atom is -0.493 e. The van der Waals surface area contributed by atoms with Gasteiger partial charge in [-0.15, -0.1) is 0 Å². The first-order valence-electron chi connectivity index (χ1n) is 15.4. The monoisotopic (exact) mass is 612 g/mol. The van der Waals surface area contributed by atoms with Crippen LogP contribution in [-0.4, -0.2) is 62.5 Å². The van der Waals surface area contributed by atoms with E-state index < -0.39 is 6.04 Å². The van der Waals surface area contributed by atoms with Crippen molar-refractivity contribution in [1.82, 2.24) is 10.6 Å². The molecule has 0 aliphatic heterocycles. The predicted octanol–water partition coefficient (Wildman–Crippen LogP) is 4.14. The van der Waals surface area contributed by atoms with Gasteiger partial charge in [0.25, 0.3) is 0 Å². The molecule has 2 amide bonds. The van der Waals surface area contributed by atoms with Crippen LogP contribution in [0, 0.1) is 24.2 Å². The van der Waals surface area contributed by atoms with Gasteiger partial charge in [0.05, 0.1) is 31.5 Å². The Hall–Kier alpha value is -3.49. The van der Waals surface area contributed by atoms with Gasteiger partial charge in [-0.25, -0.2) is 0 Å². The molecule has 0 heterocycles. The first-order chi connectivity index (χ1) is 21.2. The molecular weight excluding hydrogens is 560 g/mol. The number of nitrogens with one attached hydrogen (secondary N) is 2. The topological polar surface area (TPSA) is 156 Å². The standard InChI is InChI=1S/C32H46N4O5.C2H6O/c1-5-23(2)31(32(38)35-20-26-14-12-25(19-33)13-15-26)36-30(37)9-6-8-28(34)22-40-21-27-11-10-24(3)29(18-27)41-17-7-16-39-4;1-2-3/h10-15,18,23,28,31H,5-9,16-17,20-22,34H2,1-4H3,(H,35,38)(H,36,37);3H,2H2,1H3. The highest BCUT2D eigenvalue weighted by atomic mass is 16.5. The fourth-order valence-electron chi connectivity index (χ4n) is 4.16. The molecule has 3 atom stereocenters. The molecule has 0 bridgehead atoms. The molecule has 2 aromatic rings. The van der Waals surface area contributed by atoms with E-state index in [0.29, 0.717) is 51.4 Å². The quantitative estimate of drug-likeness (QED) is 0.173. The summed E-state index contributed by atoms with van der Waals surface area (Å²) in [5.74, 6) is 0.432. The molecule has 10 nitrogen and oxygen atoms in total. The molecular formula is C34H52N4O6. The Labute approximate surface area is 263 Å². The van der Waals surface area contributed by atoms with Crippen molar-refractivity contribution in [2.75, 3.05) is 33.5 Å². The number of nitriles is 1. The number of carbonyl (C=O) groups is 2. The first-order valence-corrected chi connectivity index (χ1v) is 15.4. The zero-order chi connectivity index (χ0) is 32.7. The van der Waals surface area contributed by atoms with Gasteiger partial charge in [-0.1, -0.05) is 44.5 Å². The van der Waals surface area contributed by atoms with Gasteiger partial charge in [-0.3, -0.25) is 9.59 Å². The van der Waals surface area contributed by atoms with Gasteiger partial charge in [0, 0.05) is 45.8 Å². The van der Waals surface area contributed by atoms with E-state index in [9.17, 15) is 9.59 Å². The molecule has 244 valence electrons. The van der Waals surface area contributed by atoms with Crippen LogP contribution >= 0.6 is 0 Å². The highest BCUT2D eigenvalue weighted by Gasteiger charge is 2.25. The van der Waals surface area contributed by atoms with Crippen molar-refractivity contribution in [2.24, 2.45) is 11.7 Å². The van der Waals surface area contributed by atoms with Crippen molar-refractivity contribution >= 4 is 11.8 Å². The Morgan fingerprint density at radius 1 is 1.07 bits per heavy atom. The number of nitrogens with zero attached hydrogens (tertiary/aromatic N) is 1. The fourth-order valence-corrected chi connectivity index (χ4v) is 4.16. The van der Waals surface area contributed by atoms with Gasteiger partial charge < -0.3 is 35.7 Å². The Balaban J connectivity index is 0.00000309. The summed E-state index contributed by atoms with van der Waals surface area (Å²) in [5, 5.41) is 22.3. The van der Waals surface area contributed by atoms with Gasteiger partial charge in [0.15, 0.2) is 0 Å². The number of benzene rings is 2. The summed E-state index contributed by atoms with van der Waals surface area (Å²) >= 11 is 0. The maximum absolute atomic E-state index is 12.9. The lowest BCUT2D eigenvalue weighted by Gasteiger charge is -2.24. The van der Waals surface area contributed by atoms with Crippen molar-refractivity contribution in [2.45, 2.75) is 85.0 Å². The summed E-state index contributed by atoms with van der Waals surface area (Å²) < 4.78 is 16.7. The molecule has 0 spiro atoms. The maximum Gasteiger partial charge on any atom is 0.243 e. The molecule has 0 aliphatic rings. The lowest BCUT2D eigenvalue weighted by Crippen LogP contribution is -2.50. The van der Waals surface area contributed by atoms with Crippen LogP contribution in [0.25, 0.3) is 0 Å². The maximum atomic E-state index is 12.9. The van der Waals surface area contributed by atoms with Crippen LogP contribution in [0.5, 0.6) is 5.75 Å². The average Bonchev–Trinajstić information content (AvgIpc) is 3.02. The van der Waals surface area contributed by atoms with Crippen molar-refractivity contribution in [3.63, 3.8) is 0 Å². The number of hydrogen-bond donors (Lipinski definition) is 4. The summed E-state index contributed by atoms with van der Waals surface area (Å²) in [6.45, 7) is 10.3. The number of aliphatic hydroxyl groups excluding tert-OH is 1. The van der Waals surface area contributed by atoms with E-state index in [2.05, 4.69) is 16.7 Å². The number of hydrogen-bond acceptors (Lipinski definition) is 8. The van der Waals surface area contributed by atoms with Crippen molar-refractivity contribution in [1.29, 1.82) is 5.26 Å². The third-order valence-corrected chi connectivity index (χ3v) is 6.94. The van der Waals surface area contributed by atoms with Crippen molar-refractivity contribution < 1.29 is 28.9 Å². The Morgan fingerprint density at radius 3 is 2.39 bits per heavy atom. The minimum absolute atomic E-state index is 0.0198. The first kappa shape index (κ1) is 38.5. The van der Waals surface area contributed by atoms with Crippen LogP contribution in [-0.2, 0) is 32.2 Å². The molecule has 5 N–H and O–H groups in total. The van der Waals surface area contributed by atoms with E-state index in [1.165, 1.54) is 0 Å². The number of amides is 2. The lowest BCUT2D eigenvalue weighted by atomic mass is 9.97. The van der Waals surface area contributed by atoms with Crippen LogP contribution in [0.2, 0.25) is 0 Å². The van der Waals surface area contributed by atoms with E-state index in [0.717, 1.165) is 35.3 Å². The number of carbonyl (C=O) groups excluding carboxylic acids is 2. The number of aliphatic hydroxyl groups is 1. The van der Waals surface area contributed by atoms with Crippen molar-refractivity contribution in [3.8, 4) is 11.8 Å². The molecule has 3 unspecified atom stereocenters. The SMILES string of the molecule is CCC(C)C(NC(=O)CCCC(N)COCc1ccc(C)c(OCCCOC)c1)C(=O)NCc1ccc(C#N)cc1.CCO. The largest absolute Gasteiger partial charge is 0.493 e. The number of rotatable bonds is 19. The number of nitrogens with two attached hydrogens (primary N) is 1. The molecule has 44 heavy (non-hydrogen) atoms. The second-order valence-electron chi connectivity index (χ2n) is 10.7. The summed E-state index contributed by atoms with van der Waals surface area (Å²) in [4.78, 5) is 25.5. The van der Waals surface area contributed by atoms with E-state index in [4.69, 9.17) is 30.3 Å². The van der Waals surface area contributed by atoms with E-state index in [1.54, 1.807) is 38.3 Å². The summed E-state index contributed by atoms with van der Waals surface area (Å²) in [6, 6.07) is 14.3. The molecule has 0 saturated carbocycles. The fraction of sp³-hybridized carbons (Fsp3) is 0.559. The van der Waals surface area contributed by atoms with E-state index >= 15 is 0 Å². The van der Waals surface area contributed by atoms with Crippen LogP contribution in [0.15, 0.2) is 42.5 Å². The van der Waals surface area contributed by atoms with Gasteiger partial charge in [0.2, 0.25) is 11.8 Å². The third-order valence-electron chi connectivity index (χ3n) is 6.94. The smallest absolute Gasteiger partial charge is 0.243 e. The van der Waals surface area contributed by atoms with Crippen molar-refractivity contribution in [3.05, 3.63) is 64.7 Å². The molecule has 2 rings (SSSR count). The normalized spacial score (nSPS) is 12.6. The van der Waals surface area contributed by atoms with Gasteiger partial charge in [0.1, 0.15) is 11.8 Å². The average molecular weight is 613 g/mol. The Kier molecular flexibility index (Phi) is 20.1. The molecule has 2 aromatic carbocycles. The summed E-state index contributed by atoms with van der Waals surface area (Å²) in [6.07, 6.45) is 3.09. The third kappa shape index (κ3) is 15.8. The van der Waals surface area contributed by atoms with E-state index in [1.807, 2.05) is 39.0 Å². The molecule has 0 saturated heterocycles. The summed E-state index contributed by atoms with van der Waals surface area (Å²) in [5.41, 5.74) is 9.76. The number of ether oxygens (including phenoxy) is 3. The summed E-state index contributed by atoms with van der Waals surface area (Å²) in [7, 11) is 1.68. The molecule has 0 radical (unpaired) electrons. The van der Waals surface area contributed by atoms with E-state index in [-0.39, 0.29) is 36.8 Å². The van der Waals surface area contributed by atoms with Gasteiger partial charge >= 0.3 is 0 Å². The Bertz CT molecular complexity index is 1140. The predicted molar refractivity (Wildman–Crippen MR) is 172 cm³/mol. The van der Waals surface area contributed by atoms with Gasteiger partial charge in [-0.05, 0) is 67.5 Å². The highest BCUT2D eigenvalue weighted by molar-refractivity contribution is 5.87.